The minimum atomic E-state index is -0.0588. The maximum atomic E-state index is 12.5. The van der Waals surface area contributed by atoms with Crippen LogP contribution in [0.5, 0.6) is 0 Å². The smallest absolute Gasteiger partial charge is 0.223 e. The molecule has 0 aliphatic heterocycles. The van der Waals surface area contributed by atoms with E-state index in [1.165, 1.54) is 0 Å². The number of nitrogens with two attached hydrogens (primary N) is 1. The summed E-state index contributed by atoms with van der Waals surface area (Å²) in [5, 5.41) is 7.15. The lowest BCUT2D eigenvalue weighted by Crippen LogP contribution is -2.51. The minimum Gasteiger partial charge on any atom is -0.352 e. The molecule has 1 saturated carbocycles. The van der Waals surface area contributed by atoms with Crippen molar-refractivity contribution < 1.29 is 4.79 Å². The van der Waals surface area contributed by atoms with E-state index in [1.54, 1.807) is 10.9 Å². The third-order valence-electron chi connectivity index (χ3n) is 5.04. The molecule has 1 aliphatic rings. The average molecular weight is 278 g/mol. The number of carbonyl (C=O) groups excluding carboxylic acids is 1. The number of hydrogen-bond acceptors (Lipinski definition) is 3. The summed E-state index contributed by atoms with van der Waals surface area (Å²) in [6, 6.07) is 0.201. The van der Waals surface area contributed by atoms with Gasteiger partial charge in [0.05, 0.1) is 6.20 Å². The molecule has 3 N–H and O–H groups in total. The highest BCUT2D eigenvalue weighted by Crippen LogP contribution is 2.44. The van der Waals surface area contributed by atoms with Crippen LogP contribution in [0, 0.1) is 17.3 Å². The SMILES string of the molecule is CC1C(N)CCC(C(=O)NCc2cnn(C)c2)C1(C)C. The predicted octanol–water partition coefficient (Wildman–Crippen LogP) is 1.44. The number of aryl methyl sites for hydroxylation is 1. The van der Waals surface area contributed by atoms with Crippen LogP contribution in [-0.4, -0.2) is 21.7 Å². The molecular weight excluding hydrogens is 252 g/mol. The molecule has 0 saturated heterocycles. The van der Waals surface area contributed by atoms with E-state index in [1.807, 2.05) is 13.2 Å². The zero-order valence-corrected chi connectivity index (χ0v) is 12.9. The molecule has 1 heterocycles. The Kier molecular flexibility index (Phi) is 4.18. The Morgan fingerprint density at radius 3 is 2.85 bits per heavy atom. The van der Waals surface area contributed by atoms with Crippen molar-refractivity contribution in [2.75, 3.05) is 0 Å². The highest BCUT2D eigenvalue weighted by atomic mass is 16.1. The lowest BCUT2D eigenvalue weighted by Gasteiger charge is -2.46. The lowest BCUT2D eigenvalue weighted by molar-refractivity contribution is -0.132. The number of nitrogens with one attached hydrogen (secondary N) is 1. The van der Waals surface area contributed by atoms with Crippen LogP contribution in [0.3, 0.4) is 0 Å². The van der Waals surface area contributed by atoms with Crippen LogP contribution in [0.2, 0.25) is 0 Å². The molecule has 112 valence electrons. The van der Waals surface area contributed by atoms with Gasteiger partial charge in [-0.25, -0.2) is 0 Å². The average Bonchev–Trinajstić information content (AvgIpc) is 2.79. The van der Waals surface area contributed by atoms with Gasteiger partial charge in [0, 0.05) is 37.3 Å². The van der Waals surface area contributed by atoms with Gasteiger partial charge in [-0.3, -0.25) is 9.48 Å². The molecule has 1 aromatic heterocycles. The number of rotatable bonds is 3. The van der Waals surface area contributed by atoms with E-state index in [4.69, 9.17) is 5.73 Å². The van der Waals surface area contributed by atoms with Crippen molar-refractivity contribution in [3.8, 4) is 0 Å². The van der Waals surface area contributed by atoms with E-state index >= 15 is 0 Å². The molecule has 0 spiro atoms. The summed E-state index contributed by atoms with van der Waals surface area (Å²) in [7, 11) is 1.87. The zero-order chi connectivity index (χ0) is 14.9. The van der Waals surface area contributed by atoms with Gasteiger partial charge < -0.3 is 11.1 Å². The number of aromatic nitrogens is 2. The highest BCUT2D eigenvalue weighted by Gasteiger charge is 2.44. The van der Waals surface area contributed by atoms with Crippen molar-refractivity contribution in [1.82, 2.24) is 15.1 Å². The Labute approximate surface area is 120 Å². The van der Waals surface area contributed by atoms with E-state index in [9.17, 15) is 4.79 Å². The molecule has 2 rings (SSSR count). The predicted molar refractivity (Wildman–Crippen MR) is 78.7 cm³/mol. The van der Waals surface area contributed by atoms with Crippen LogP contribution >= 0.6 is 0 Å². The van der Waals surface area contributed by atoms with Crippen molar-refractivity contribution in [3.05, 3.63) is 18.0 Å². The first-order valence-electron chi connectivity index (χ1n) is 7.33. The van der Waals surface area contributed by atoms with Crippen molar-refractivity contribution in [1.29, 1.82) is 0 Å². The fraction of sp³-hybridized carbons (Fsp3) is 0.733. The third kappa shape index (κ3) is 2.87. The van der Waals surface area contributed by atoms with Gasteiger partial charge in [-0.05, 0) is 24.2 Å². The maximum Gasteiger partial charge on any atom is 0.223 e. The number of nitrogens with zero attached hydrogens (tertiary/aromatic N) is 2. The van der Waals surface area contributed by atoms with Crippen LogP contribution in [0.4, 0.5) is 0 Å². The van der Waals surface area contributed by atoms with Crippen LogP contribution in [-0.2, 0) is 18.4 Å². The largest absolute Gasteiger partial charge is 0.352 e. The summed E-state index contributed by atoms with van der Waals surface area (Å²) in [6.45, 7) is 7.01. The Bertz CT molecular complexity index is 480. The van der Waals surface area contributed by atoms with Crippen molar-refractivity contribution in [3.63, 3.8) is 0 Å². The van der Waals surface area contributed by atoms with Crippen LogP contribution < -0.4 is 11.1 Å². The summed E-state index contributed by atoms with van der Waals surface area (Å²) in [6.07, 6.45) is 5.50. The van der Waals surface area contributed by atoms with Crippen LogP contribution in [0.15, 0.2) is 12.4 Å². The topological polar surface area (TPSA) is 72.9 Å². The number of hydrogen-bond donors (Lipinski definition) is 2. The van der Waals surface area contributed by atoms with E-state index in [0.29, 0.717) is 12.5 Å². The normalized spacial score (nSPS) is 29.1. The Balaban J connectivity index is 1.98. The highest BCUT2D eigenvalue weighted by molar-refractivity contribution is 5.79. The molecule has 3 unspecified atom stereocenters. The van der Waals surface area contributed by atoms with Crippen molar-refractivity contribution in [2.45, 2.75) is 46.2 Å². The molecule has 1 fully saturated rings. The summed E-state index contributed by atoms with van der Waals surface area (Å²) in [5.41, 5.74) is 7.11. The molecule has 0 bridgehead atoms. The van der Waals surface area contributed by atoms with E-state index < -0.39 is 0 Å². The quantitative estimate of drug-likeness (QED) is 0.878. The standard InChI is InChI=1S/C15H26N4O/c1-10-13(16)6-5-12(15(10,2)3)14(20)17-7-11-8-18-19(4)9-11/h8-10,12-13H,5-7,16H2,1-4H3,(H,17,20). The third-order valence-corrected chi connectivity index (χ3v) is 5.04. The molecule has 0 radical (unpaired) electrons. The van der Waals surface area contributed by atoms with Crippen LogP contribution in [0.1, 0.15) is 39.2 Å². The molecule has 5 nitrogen and oxygen atoms in total. The minimum absolute atomic E-state index is 0.0361. The van der Waals surface area contributed by atoms with Gasteiger partial charge in [0.15, 0.2) is 0 Å². The van der Waals surface area contributed by atoms with Gasteiger partial charge in [0.2, 0.25) is 5.91 Å². The monoisotopic (exact) mass is 278 g/mol. The lowest BCUT2D eigenvalue weighted by atomic mass is 9.61. The van der Waals surface area contributed by atoms with Gasteiger partial charge in [0.1, 0.15) is 0 Å². The van der Waals surface area contributed by atoms with Crippen molar-refractivity contribution in [2.24, 2.45) is 30.0 Å². The fourth-order valence-electron chi connectivity index (χ4n) is 3.19. The molecule has 1 aromatic rings. The zero-order valence-electron chi connectivity index (χ0n) is 12.9. The second-order valence-electron chi connectivity index (χ2n) is 6.64. The first kappa shape index (κ1) is 15.0. The second-order valence-corrected chi connectivity index (χ2v) is 6.64. The second kappa shape index (κ2) is 5.56. The summed E-state index contributed by atoms with van der Waals surface area (Å²) < 4.78 is 1.74. The van der Waals surface area contributed by atoms with Gasteiger partial charge in [0.25, 0.3) is 0 Å². The van der Waals surface area contributed by atoms with Gasteiger partial charge in [-0.15, -0.1) is 0 Å². The van der Waals surface area contributed by atoms with Crippen LogP contribution in [0.25, 0.3) is 0 Å². The molecule has 0 aromatic carbocycles. The first-order valence-corrected chi connectivity index (χ1v) is 7.33. The summed E-state index contributed by atoms with van der Waals surface area (Å²) in [4.78, 5) is 12.5. The molecule has 1 amide bonds. The Morgan fingerprint density at radius 2 is 2.25 bits per heavy atom. The van der Waals surface area contributed by atoms with E-state index in [2.05, 4.69) is 31.2 Å². The van der Waals surface area contributed by atoms with Gasteiger partial charge in [-0.1, -0.05) is 20.8 Å². The molecule has 3 atom stereocenters. The molecule has 20 heavy (non-hydrogen) atoms. The Hall–Kier alpha value is -1.36. The molecule has 1 aliphatic carbocycles. The Morgan fingerprint density at radius 1 is 1.55 bits per heavy atom. The molecular formula is C15H26N4O. The van der Waals surface area contributed by atoms with Crippen molar-refractivity contribution >= 4 is 5.91 Å². The number of amides is 1. The summed E-state index contributed by atoms with van der Waals surface area (Å²) in [5.74, 6) is 0.525. The van der Waals surface area contributed by atoms with Gasteiger partial charge >= 0.3 is 0 Å². The number of carbonyl (C=O) groups is 1. The summed E-state index contributed by atoms with van der Waals surface area (Å²) >= 11 is 0. The van der Waals surface area contributed by atoms with E-state index in [0.717, 1.165) is 18.4 Å². The first-order chi connectivity index (χ1) is 9.32. The van der Waals surface area contributed by atoms with E-state index in [-0.39, 0.29) is 23.3 Å². The fourth-order valence-corrected chi connectivity index (χ4v) is 3.19. The maximum absolute atomic E-state index is 12.5. The molecule has 5 heteroatoms. The van der Waals surface area contributed by atoms with Gasteiger partial charge in [-0.2, -0.15) is 5.10 Å².